The first-order valence-corrected chi connectivity index (χ1v) is 5.68. The van der Waals surface area contributed by atoms with Gasteiger partial charge >= 0.3 is 0 Å². The average Bonchev–Trinajstić information content (AvgIpc) is 2.31. The lowest BCUT2D eigenvalue weighted by Crippen LogP contribution is -2.11. The molecule has 4 nitrogen and oxygen atoms in total. The van der Waals surface area contributed by atoms with Crippen LogP contribution in [0.4, 0.5) is 11.6 Å². The summed E-state index contributed by atoms with van der Waals surface area (Å²) in [6, 6.07) is 8.67. The second-order valence-electron chi connectivity index (χ2n) is 3.57. The molecule has 0 aliphatic carbocycles. The van der Waals surface area contributed by atoms with Crippen molar-refractivity contribution < 1.29 is 0 Å². The molecule has 2 aromatic rings. The number of rotatable bonds is 3. The molecule has 0 fully saturated rings. The summed E-state index contributed by atoms with van der Waals surface area (Å²) in [5.41, 5.74) is 1.42. The van der Waals surface area contributed by atoms with E-state index in [-0.39, 0.29) is 5.56 Å². The van der Waals surface area contributed by atoms with Gasteiger partial charge in [-0.1, -0.05) is 18.5 Å². The molecule has 88 valence electrons. The fourth-order valence-electron chi connectivity index (χ4n) is 1.42. The Hall–Kier alpha value is -1.81. The van der Waals surface area contributed by atoms with Gasteiger partial charge < -0.3 is 5.32 Å². The smallest absolute Gasteiger partial charge is 0.252 e. The molecule has 2 rings (SSSR count). The number of aryl methyl sites for hydroxylation is 1. The number of benzene rings is 1. The fourth-order valence-corrected chi connectivity index (χ4v) is 1.54. The van der Waals surface area contributed by atoms with Gasteiger partial charge in [0.1, 0.15) is 0 Å². The van der Waals surface area contributed by atoms with Crippen LogP contribution >= 0.6 is 11.6 Å². The third kappa shape index (κ3) is 3.07. The van der Waals surface area contributed by atoms with E-state index in [4.69, 9.17) is 11.6 Å². The minimum atomic E-state index is -0.159. The van der Waals surface area contributed by atoms with E-state index in [0.29, 0.717) is 11.0 Å². The first-order valence-electron chi connectivity index (χ1n) is 5.30. The number of anilines is 2. The van der Waals surface area contributed by atoms with E-state index < -0.39 is 0 Å². The predicted octanol–water partition coefficient (Wildman–Crippen LogP) is 2.73. The van der Waals surface area contributed by atoms with Crippen LogP contribution < -0.4 is 10.9 Å². The number of halogens is 1. The molecule has 2 N–H and O–H groups in total. The molecule has 0 spiro atoms. The molecule has 0 aliphatic rings. The summed E-state index contributed by atoms with van der Waals surface area (Å²) in [5, 5.41) is 3.69. The zero-order valence-corrected chi connectivity index (χ0v) is 10.1. The van der Waals surface area contributed by atoms with Crippen LogP contribution in [0.1, 0.15) is 12.6 Å². The van der Waals surface area contributed by atoms with Crippen LogP contribution in [-0.2, 0) is 6.42 Å². The maximum absolute atomic E-state index is 11.4. The molecule has 0 aliphatic heterocycles. The Morgan fingerprint density at radius 1 is 1.35 bits per heavy atom. The number of aromatic nitrogens is 2. The van der Waals surface area contributed by atoms with Crippen LogP contribution in [0.3, 0.4) is 0 Å². The van der Waals surface area contributed by atoms with Gasteiger partial charge in [0.15, 0.2) is 0 Å². The summed E-state index contributed by atoms with van der Waals surface area (Å²) in [4.78, 5) is 18.3. The molecule has 1 heterocycles. The molecule has 5 heteroatoms. The maximum atomic E-state index is 11.4. The summed E-state index contributed by atoms with van der Waals surface area (Å²) >= 11 is 5.79. The van der Waals surface area contributed by atoms with Crippen molar-refractivity contribution in [2.45, 2.75) is 13.3 Å². The molecule has 0 saturated heterocycles. The minimum Gasteiger partial charge on any atom is -0.326 e. The molecule has 0 bridgehead atoms. The van der Waals surface area contributed by atoms with E-state index in [0.717, 1.165) is 17.8 Å². The zero-order chi connectivity index (χ0) is 12.3. The Morgan fingerprint density at radius 3 is 2.71 bits per heavy atom. The highest BCUT2D eigenvalue weighted by atomic mass is 35.5. The van der Waals surface area contributed by atoms with Gasteiger partial charge in [-0.2, -0.15) is 0 Å². The molecule has 0 radical (unpaired) electrons. The molecular formula is C12H12ClN3O. The molecular weight excluding hydrogens is 238 g/mol. The number of aromatic amines is 1. The van der Waals surface area contributed by atoms with Gasteiger partial charge in [0, 0.05) is 22.5 Å². The summed E-state index contributed by atoms with van der Waals surface area (Å²) in [6.45, 7) is 1.95. The monoisotopic (exact) mass is 249 g/mol. The first-order chi connectivity index (χ1) is 8.17. The first kappa shape index (κ1) is 11.7. The topological polar surface area (TPSA) is 57.8 Å². The second-order valence-corrected chi connectivity index (χ2v) is 4.01. The van der Waals surface area contributed by atoms with Crippen LogP contribution in [0.15, 0.2) is 35.1 Å². The molecule has 0 unspecified atom stereocenters. The molecule has 0 atom stereocenters. The molecule has 17 heavy (non-hydrogen) atoms. The van der Waals surface area contributed by atoms with Crippen LogP contribution in [0.2, 0.25) is 5.02 Å². The number of hydrogen-bond acceptors (Lipinski definition) is 3. The minimum absolute atomic E-state index is 0.159. The lowest BCUT2D eigenvalue weighted by molar-refractivity contribution is 0.986. The lowest BCUT2D eigenvalue weighted by atomic mass is 10.3. The third-order valence-corrected chi connectivity index (χ3v) is 2.52. The van der Waals surface area contributed by atoms with Crippen molar-refractivity contribution in [2.75, 3.05) is 5.32 Å². The summed E-state index contributed by atoms with van der Waals surface area (Å²) in [6.07, 6.45) is 0.721. The number of nitrogens with zero attached hydrogens (tertiary/aromatic N) is 1. The van der Waals surface area contributed by atoms with E-state index in [9.17, 15) is 4.79 Å². The lowest BCUT2D eigenvalue weighted by Gasteiger charge is -2.06. The van der Waals surface area contributed by atoms with Crippen LogP contribution in [0, 0.1) is 0 Å². The Bertz CT molecular complexity index is 563. The third-order valence-electron chi connectivity index (χ3n) is 2.26. The zero-order valence-electron chi connectivity index (χ0n) is 9.33. The molecule has 0 saturated carbocycles. The molecule has 0 amide bonds. The summed E-state index contributed by atoms with van der Waals surface area (Å²) in [7, 11) is 0. The SMILES string of the molecule is CCc1cc(=O)[nH]c(Nc2ccc(Cl)cc2)n1. The number of nitrogens with one attached hydrogen (secondary N) is 2. The Labute approximate surface area is 104 Å². The van der Waals surface area contributed by atoms with Crippen LogP contribution in [-0.4, -0.2) is 9.97 Å². The van der Waals surface area contributed by atoms with E-state index in [1.54, 1.807) is 12.1 Å². The van der Waals surface area contributed by atoms with Gasteiger partial charge in [-0.05, 0) is 30.7 Å². The number of hydrogen-bond donors (Lipinski definition) is 2. The Balaban J connectivity index is 2.26. The van der Waals surface area contributed by atoms with Crippen molar-refractivity contribution >= 4 is 23.2 Å². The Morgan fingerprint density at radius 2 is 2.06 bits per heavy atom. The normalized spacial score (nSPS) is 10.2. The fraction of sp³-hybridized carbons (Fsp3) is 0.167. The molecule has 1 aromatic carbocycles. The van der Waals surface area contributed by atoms with Gasteiger partial charge in [0.2, 0.25) is 5.95 Å². The van der Waals surface area contributed by atoms with E-state index in [1.807, 2.05) is 19.1 Å². The van der Waals surface area contributed by atoms with Crippen molar-refractivity contribution in [2.24, 2.45) is 0 Å². The molecule has 1 aromatic heterocycles. The van der Waals surface area contributed by atoms with Gasteiger partial charge in [-0.3, -0.25) is 9.78 Å². The largest absolute Gasteiger partial charge is 0.326 e. The highest BCUT2D eigenvalue weighted by molar-refractivity contribution is 6.30. The van der Waals surface area contributed by atoms with Gasteiger partial charge in [0.25, 0.3) is 5.56 Å². The highest BCUT2D eigenvalue weighted by Crippen LogP contribution is 2.15. The Kier molecular flexibility index (Phi) is 3.44. The maximum Gasteiger partial charge on any atom is 0.252 e. The standard InChI is InChI=1S/C12H12ClN3O/c1-2-9-7-11(17)16-12(14-9)15-10-5-3-8(13)4-6-10/h3-7H,2H2,1H3,(H2,14,15,16,17). The van der Waals surface area contributed by atoms with Crippen LogP contribution in [0.5, 0.6) is 0 Å². The average molecular weight is 250 g/mol. The summed E-state index contributed by atoms with van der Waals surface area (Å²) < 4.78 is 0. The predicted molar refractivity (Wildman–Crippen MR) is 69.0 cm³/mol. The van der Waals surface area contributed by atoms with Crippen molar-refractivity contribution in [3.05, 3.63) is 51.4 Å². The summed E-state index contributed by atoms with van der Waals surface area (Å²) in [5.74, 6) is 0.441. The van der Waals surface area contributed by atoms with Gasteiger partial charge in [-0.25, -0.2) is 4.98 Å². The van der Waals surface area contributed by atoms with E-state index in [2.05, 4.69) is 15.3 Å². The number of H-pyrrole nitrogens is 1. The van der Waals surface area contributed by atoms with E-state index in [1.165, 1.54) is 6.07 Å². The van der Waals surface area contributed by atoms with E-state index >= 15 is 0 Å². The second kappa shape index (κ2) is 5.01. The van der Waals surface area contributed by atoms with Gasteiger partial charge in [-0.15, -0.1) is 0 Å². The van der Waals surface area contributed by atoms with Crippen molar-refractivity contribution in [3.8, 4) is 0 Å². The van der Waals surface area contributed by atoms with Gasteiger partial charge in [0.05, 0.1) is 0 Å². The van der Waals surface area contributed by atoms with Crippen molar-refractivity contribution in [3.63, 3.8) is 0 Å². The highest BCUT2D eigenvalue weighted by Gasteiger charge is 2.00. The van der Waals surface area contributed by atoms with Crippen molar-refractivity contribution in [1.29, 1.82) is 0 Å². The van der Waals surface area contributed by atoms with Crippen LogP contribution in [0.25, 0.3) is 0 Å². The quantitative estimate of drug-likeness (QED) is 0.879. The van der Waals surface area contributed by atoms with Crippen molar-refractivity contribution in [1.82, 2.24) is 9.97 Å².